The van der Waals surface area contributed by atoms with Gasteiger partial charge >= 0.3 is 5.97 Å². The van der Waals surface area contributed by atoms with E-state index in [9.17, 15) is 19.5 Å². The molecule has 1 aliphatic heterocycles. The summed E-state index contributed by atoms with van der Waals surface area (Å²) in [6, 6.07) is 5.81. The van der Waals surface area contributed by atoms with Crippen molar-refractivity contribution in [1.82, 2.24) is 10.4 Å². The largest absolute Gasteiger partial charge is 0.379 e. The zero-order chi connectivity index (χ0) is 23.2. The van der Waals surface area contributed by atoms with Crippen LogP contribution in [0.2, 0.25) is 0 Å². The minimum absolute atomic E-state index is 0.125. The van der Waals surface area contributed by atoms with Crippen LogP contribution >= 0.6 is 11.6 Å². The second-order valence-corrected chi connectivity index (χ2v) is 7.66. The van der Waals surface area contributed by atoms with E-state index in [0.29, 0.717) is 49.5 Å². The number of hydrogen-bond acceptors (Lipinski definition) is 7. The zero-order valence-electron chi connectivity index (χ0n) is 18.1. The molecule has 9 nitrogen and oxygen atoms in total. The number of unbranched alkanes of at least 4 members (excludes halogenated alkanes) is 3. The molecule has 0 saturated carbocycles. The molecule has 0 radical (unpaired) electrons. The number of carbonyl (C=O) groups excluding carboxylic acids is 3. The van der Waals surface area contributed by atoms with Crippen LogP contribution in [0.1, 0.15) is 59.2 Å². The normalized spacial score (nSPS) is 15.8. The maximum Gasteiger partial charge on any atom is 0.363 e. The minimum Gasteiger partial charge on any atom is -0.379 e. The molecule has 32 heavy (non-hydrogen) atoms. The number of benzene rings is 1. The minimum atomic E-state index is -1.13. The van der Waals surface area contributed by atoms with Gasteiger partial charge in [-0.25, -0.2) is 4.79 Å². The van der Waals surface area contributed by atoms with Crippen LogP contribution in [0.15, 0.2) is 24.3 Å². The highest BCUT2D eigenvalue weighted by Crippen LogP contribution is 2.18. The summed E-state index contributed by atoms with van der Waals surface area (Å²) < 4.78 is 10.9. The van der Waals surface area contributed by atoms with Crippen molar-refractivity contribution in [2.45, 2.75) is 44.8 Å². The predicted octanol–water partition coefficient (Wildman–Crippen LogP) is 2.26. The van der Waals surface area contributed by atoms with Crippen LogP contribution in [0.5, 0.6) is 0 Å². The van der Waals surface area contributed by atoms with Crippen molar-refractivity contribution in [3.8, 4) is 0 Å². The number of ether oxygens (including phenoxy) is 2. The number of carbonyl (C=O) groups is 3. The standard InChI is InChI=1S/C22H31ClN2O7/c23-11-3-1-2-4-13-30-15-16-31-14-12-24-21(28)17-5-7-18(8-6-17)22(29)32-25-19(26)9-10-20(25)27/h5-8,19,26H,1-4,9-16H2,(H,24,28). The monoisotopic (exact) mass is 470 g/mol. The second kappa shape index (κ2) is 14.8. The first-order valence-corrected chi connectivity index (χ1v) is 11.4. The third-order valence-electron chi connectivity index (χ3n) is 4.77. The van der Waals surface area contributed by atoms with Crippen LogP contribution in [0.3, 0.4) is 0 Å². The van der Waals surface area contributed by atoms with Crippen molar-refractivity contribution in [3.63, 3.8) is 0 Å². The van der Waals surface area contributed by atoms with E-state index in [1.807, 2.05) is 0 Å². The first-order chi connectivity index (χ1) is 15.5. The van der Waals surface area contributed by atoms with Crippen molar-refractivity contribution in [1.29, 1.82) is 0 Å². The van der Waals surface area contributed by atoms with Crippen LogP contribution in [0.4, 0.5) is 0 Å². The van der Waals surface area contributed by atoms with E-state index in [1.54, 1.807) is 0 Å². The lowest BCUT2D eigenvalue weighted by Gasteiger charge is -2.18. The van der Waals surface area contributed by atoms with Crippen LogP contribution in [-0.4, -0.2) is 73.0 Å². The molecule has 0 bridgehead atoms. The molecule has 1 unspecified atom stereocenters. The van der Waals surface area contributed by atoms with Crippen molar-refractivity contribution >= 4 is 29.4 Å². The molecule has 2 N–H and O–H groups in total. The SMILES string of the molecule is O=C(NCCOCCOCCCCCCCl)c1ccc(C(=O)ON2C(=O)CCC2O)cc1. The number of aliphatic hydroxyl groups excluding tert-OH is 1. The molecule has 10 heteroatoms. The lowest BCUT2D eigenvalue weighted by Crippen LogP contribution is -2.35. The Labute approximate surface area is 192 Å². The van der Waals surface area contributed by atoms with Gasteiger partial charge in [-0.2, -0.15) is 0 Å². The maximum atomic E-state index is 12.2. The summed E-state index contributed by atoms with van der Waals surface area (Å²) in [6.07, 6.45) is 3.51. The Morgan fingerprint density at radius 2 is 1.66 bits per heavy atom. The molecule has 2 rings (SSSR count). The molecule has 1 aromatic carbocycles. The molecule has 1 aromatic rings. The number of hydrogen-bond donors (Lipinski definition) is 2. The van der Waals surface area contributed by atoms with Crippen LogP contribution < -0.4 is 5.32 Å². The number of hydroxylamine groups is 2. The van der Waals surface area contributed by atoms with E-state index in [0.717, 1.165) is 25.7 Å². The van der Waals surface area contributed by atoms with Gasteiger partial charge in [-0.3, -0.25) is 9.59 Å². The van der Waals surface area contributed by atoms with Crippen molar-refractivity contribution in [2.75, 3.05) is 38.9 Å². The highest BCUT2D eigenvalue weighted by atomic mass is 35.5. The van der Waals surface area contributed by atoms with Gasteiger partial charge < -0.3 is 24.7 Å². The molecule has 0 aliphatic carbocycles. The van der Waals surface area contributed by atoms with Crippen LogP contribution in [0, 0.1) is 0 Å². The maximum absolute atomic E-state index is 12.2. The van der Waals surface area contributed by atoms with Gasteiger partial charge in [0.05, 0.1) is 25.4 Å². The summed E-state index contributed by atoms with van der Waals surface area (Å²) in [4.78, 5) is 40.8. The fraction of sp³-hybridized carbons (Fsp3) is 0.591. The van der Waals surface area contributed by atoms with Gasteiger partial charge in [0.15, 0.2) is 6.23 Å². The molecular formula is C22H31ClN2O7. The van der Waals surface area contributed by atoms with E-state index >= 15 is 0 Å². The second-order valence-electron chi connectivity index (χ2n) is 7.28. The van der Waals surface area contributed by atoms with Gasteiger partial charge in [-0.15, -0.1) is 16.7 Å². The third kappa shape index (κ3) is 9.12. The van der Waals surface area contributed by atoms with E-state index in [1.165, 1.54) is 24.3 Å². The van der Waals surface area contributed by atoms with Crippen LogP contribution in [0.25, 0.3) is 0 Å². The average Bonchev–Trinajstić information content (AvgIpc) is 3.11. The van der Waals surface area contributed by atoms with Gasteiger partial charge in [0.1, 0.15) is 0 Å². The molecule has 178 valence electrons. The average molecular weight is 471 g/mol. The van der Waals surface area contributed by atoms with E-state index in [4.69, 9.17) is 25.9 Å². The topological polar surface area (TPSA) is 114 Å². The summed E-state index contributed by atoms with van der Waals surface area (Å²) in [7, 11) is 0. The lowest BCUT2D eigenvalue weighted by atomic mass is 10.1. The summed E-state index contributed by atoms with van der Waals surface area (Å²) in [5.74, 6) is -0.823. The number of rotatable bonds is 15. The van der Waals surface area contributed by atoms with Crippen molar-refractivity contribution < 1.29 is 33.8 Å². The molecule has 1 atom stereocenters. The number of alkyl halides is 1. The molecule has 1 saturated heterocycles. The third-order valence-corrected chi connectivity index (χ3v) is 5.04. The Balaban J connectivity index is 1.57. The Hall–Kier alpha value is -2.20. The fourth-order valence-corrected chi connectivity index (χ4v) is 3.16. The molecule has 1 aliphatic rings. The number of nitrogens with one attached hydrogen (secondary N) is 1. The number of aliphatic hydroxyl groups is 1. The van der Waals surface area contributed by atoms with Gasteiger partial charge in [0.2, 0.25) is 0 Å². The summed E-state index contributed by atoms with van der Waals surface area (Å²) in [5.41, 5.74) is 0.534. The zero-order valence-corrected chi connectivity index (χ0v) is 18.8. The van der Waals surface area contributed by atoms with E-state index < -0.39 is 18.1 Å². The fourth-order valence-electron chi connectivity index (χ4n) is 2.97. The summed E-state index contributed by atoms with van der Waals surface area (Å²) in [5, 5.41) is 13.0. The predicted molar refractivity (Wildman–Crippen MR) is 117 cm³/mol. The molecule has 2 amide bonds. The van der Waals surface area contributed by atoms with Gasteiger partial charge in [0.25, 0.3) is 11.8 Å². The number of halogens is 1. The molecule has 1 heterocycles. The lowest BCUT2D eigenvalue weighted by molar-refractivity contribution is -0.191. The quantitative estimate of drug-likeness (QED) is 0.298. The Kier molecular flexibility index (Phi) is 12.0. The Morgan fingerprint density at radius 3 is 2.31 bits per heavy atom. The first-order valence-electron chi connectivity index (χ1n) is 10.8. The van der Waals surface area contributed by atoms with Crippen LogP contribution in [-0.2, 0) is 19.1 Å². The van der Waals surface area contributed by atoms with E-state index in [-0.39, 0.29) is 24.3 Å². The summed E-state index contributed by atoms with van der Waals surface area (Å²) >= 11 is 5.62. The van der Waals surface area contributed by atoms with Gasteiger partial charge in [-0.05, 0) is 37.1 Å². The molecule has 0 aromatic heterocycles. The van der Waals surface area contributed by atoms with Crippen molar-refractivity contribution in [2.24, 2.45) is 0 Å². The Morgan fingerprint density at radius 1 is 1.00 bits per heavy atom. The number of nitrogens with zero attached hydrogens (tertiary/aromatic N) is 1. The highest BCUT2D eigenvalue weighted by molar-refractivity contribution is 6.17. The van der Waals surface area contributed by atoms with Gasteiger partial charge in [-0.1, -0.05) is 12.8 Å². The first kappa shape index (κ1) is 26.1. The highest BCUT2D eigenvalue weighted by Gasteiger charge is 2.33. The summed E-state index contributed by atoms with van der Waals surface area (Å²) in [6.45, 7) is 2.39. The van der Waals surface area contributed by atoms with E-state index in [2.05, 4.69) is 5.32 Å². The molecule has 1 fully saturated rings. The van der Waals surface area contributed by atoms with Gasteiger partial charge in [0, 0.05) is 37.4 Å². The Bertz CT molecular complexity index is 729. The molecular weight excluding hydrogens is 440 g/mol. The molecule has 0 spiro atoms. The smallest absolute Gasteiger partial charge is 0.363 e. The van der Waals surface area contributed by atoms with Crippen molar-refractivity contribution in [3.05, 3.63) is 35.4 Å². The number of amides is 2.